The summed E-state index contributed by atoms with van der Waals surface area (Å²) >= 11 is 0. The van der Waals surface area contributed by atoms with Crippen molar-refractivity contribution in [3.8, 4) is 23.2 Å². The van der Waals surface area contributed by atoms with Crippen LogP contribution >= 0.6 is 0 Å². The first kappa shape index (κ1) is 17.9. The number of nitrogens with zero attached hydrogens (tertiary/aromatic N) is 4. The van der Waals surface area contributed by atoms with Gasteiger partial charge in [0.1, 0.15) is 5.82 Å². The third-order valence-electron chi connectivity index (χ3n) is 4.93. The van der Waals surface area contributed by atoms with E-state index in [0.29, 0.717) is 35.7 Å². The molecule has 4 rings (SSSR count). The minimum Gasteiger partial charge on any atom is -0.383 e. The number of pyridine rings is 1. The van der Waals surface area contributed by atoms with Crippen LogP contribution in [-0.2, 0) is 4.79 Å². The molecule has 140 valence electrons. The number of fused-ring (bicyclic) bond motifs is 1. The lowest BCUT2D eigenvalue weighted by molar-refractivity contribution is -0.137. The van der Waals surface area contributed by atoms with Gasteiger partial charge in [-0.25, -0.2) is 9.97 Å². The number of anilines is 1. The fraction of sp³-hybridized carbons (Fsp3) is 0.238. The van der Waals surface area contributed by atoms with Gasteiger partial charge >= 0.3 is 0 Å². The van der Waals surface area contributed by atoms with Crippen molar-refractivity contribution in [3.05, 3.63) is 47.8 Å². The zero-order chi connectivity index (χ0) is 19.9. The number of aromatic nitrogens is 3. The highest BCUT2D eigenvalue weighted by Gasteiger charge is 2.42. The molecule has 1 amide bonds. The molecule has 0 radical (unpaired) electrons. The summed E-state index contributed by atoms with van der Waals surface area (Å²) in [7, 11) is 1.66. The first-order valence-electron chi connectivity index (χ1n) is 8.87. The molecule has 1 aromatic carbocycles. The van der Waals surface area contributed by atoms with Crippen LogP contribution in [0.4, 0.5) is 5.82 Å². The number of carbonyl (C=O) groups excluding carboxylic acids is 1. The van der Waals surface area contributed by atoms with E-state index in [1.807, 2.05) is 25.1 Å². The first-order chi connectivity index (χ1) is 13.4. The van der Waals surface area contributed by atoms with Gasteiger partial charge in [0.2, 0.25) is 5.60 Å². The van der Waals surface area contributed by atoms with Crippen LogP contribution in [0.25, 0.3) is 22.3 Å². The fourth-order valence-electron chi connectivity index (χ4n) is 3.21. The smallest absolute Gasteiger partial charge is 0.267 e. The Morgan fingerprint density at radius 3 is 2.86 bits per heavy atom. The first-order valence-corrected chi connectivity index (χ1v) is 8.87. The molecule has 0 aliphatic carbocycles. The number of hydrogen-bond donors (Lipinski definition) is 2. The number of likely N-dealkylation sites (tertiary alicyclic amines) is 1. The Morgan fingerprint density at radius 1 is 1.29 bits per heavy atom. The standard InChI is InChI=1S/C21H19N5O2/c1-13-3-4-14(5-7-21(28)8-10-26(2)20(21)27)11-16(13)19-24-17-12-23-9-6-15(17)18(22)25-19/h3-4,6,9,11-12,28H,8,10H2,1-2H3,(H2,22,24,25)/t21-/m0/s1. The Labute approximate surface area is 162 Å². The van der Waals surface area contributed by atoms with Gasteiger partial charge in [0.25, 0.3) is 5.91 Å². The summed E-state index contributed by atoms with van der Waals surface area (Å²) in [4.78, 5) is 26.7. The lowest BCUT2D eigenvalue weighted by Crippen LogP contribution is -2.37. The van der Waals surface area contributed by atoms with E-state index in [4.69, 9.17) is 5.73 Å². The number of nitrogens with two attached hydrogens (primary N) is 1. The monoisotopic (exact) mass is 373 g/mol. The van der Waals surface area contributed by atoms with Crippen molar-refractivity contribution >= 4 is 22.6 Å². The average molecular weight is 373 g/mol. The maximum absolute atomic E-state index is 12.1. The van der Waals surface area contributed by atoms with Crippen molar-refractivity contribution < 1.29 is 9.90 Å². The Hall–Kier alpha value is -3.50. The van der Waals surface area contributed by atoms with Crippen molar-refractivity contribution in [3.63, 3.8) is 0 Å². The number of likely N-dealkylation sites (N-methyl/N-ethyl adjacent to an activating group) is 1. The molecule has 3 N–H and O–H groups in total. The summed E-state index contributed by atoms with van der Waals surface area (Å²) in [6.07, 6.45) is 3.59. The van der Waals surface area contributed by atoms with Crippen molar-refractivity contribution in [2.75, 3.05) is 19.3 Å². The van der Waals surface area contributed by atoms with Gasteiger partial charge in [-0.1, -0.05) is 17.9 Å². The summed E-state index contributed by atoms with van der Waals surface area (Å²) in [5.74, 6) is 6.15. The van der Waals surface area contributed by atoms with E-state index in [1.165, 1.54) is 4.90 Å². The number of hydrogen-bond acceptors (Lipinski definition) is 6. The molecule has 3 aromatic rings. The van der Waals surface area contributed by atoms with E-state index < -0.39 is 5.60 Å². The lowest BCUT2D eigenvalue weighted by Gasteiger charge is -2.13. The van der Waals surface area contributed by atoms with Crippen LogP contribution in [0.2, 0.25) is 0 Å². The number of aryl methyl sites for hydroxylation is 1. The normalized spacial score (nSPS) is 19.0. The van der Waals surface area contributed by atoms with Crippen molar-refractivity contribution in [2.45, 2.75) is 18.9 Å². The molecule has 0 bridgehead atoms. The molecule has 0 saturated carbocycles. The molecule has 0 spiro atoms. The van der Waals surface area contributed by atoms with E-state index >= 15 is 0 Å². The Bertz CT molecular complexity index is 1160. The summed E-state index contributed by atoms with van der Waals surface area (Å²) in [6, 6.07) is 7.36. The Morgan fingerprint density at radius 2 is 2.11 bits per heavy atom. The second kappa shape index (κ2) is 6.59. The number of nitrogen functional groups attached to an aromatic ring is 1. The van der Waals surface area contributed by atoms with Gasteiger partial charge in [-0.2, -0.15) is 0 Å². The highest BCUT2D eigenvalue weighted by atomic mass is 16.3. The molecule has 28 heavy (non-hydrogen) atoms. The number of aliphatic hydroxyl groups is 1. The number of benzene rings is 1. The Balaban J connectivity index is 1.75. The number of carbonyl (C=O) groups is 1. The Kier molecular flexibility index (Phi) is 4.21. The van der Waals surface area contributed by atoms with Gasteiger partial charge in [0.05, 0.1) is 11.7 Å². The van der Waals surface area contributed by atoms with Gasteiger partial charge < -0.3 is 15.7 Å². The van der Waals surface area contributed by atoms with E-state index in [2.05, 4.69) is 26.8 Å². The highest BCUT2D eigenvalue weighted by Crippen LogP contribution is 2.26. The topological polar surface area (TPSA) is 105 Å². The van der Waals surface area contributed by atoms with Crippen molar-refractivity contribution in [1.29, 1.82) is 0 Å². The SMILES string of the molecule is Cc1ccc(C#C[C@]2(O)CCN(C)C2=O)cc1-c1nc(N)c2ccncc2n1. The molecule has 7 heteroatoms. The van der Waals surface area contributed by atoms with Crippen LogP contribution in [0.5, 0.6) is 0 Å². The van der Waals surface area contributed by atoms with Gasteiger partial charge in [-0.3, -0.25) is 9.78 Å². The van der Waals surface area contributed by atoms with Crippen molar-refractivity contribution in [1.82, 2.24) is 19.9 Å². The maximum Gasteiger partial charge on any atom is 0.267 e. The summed E-state index contributed by atoms with van der Waals surface area (Å²) in [5.41, 5.74) is 7.52. The number of amides is 1. The van der Waals surface area contributed by atoms with Gasteiger partial charge in [-0.05, 0) is 30.7 Å². The predicted molar refractivity (Wildman–Crippen MR) is 106 cm³/mol. The molecule has 2 aromatic heterocycles. The fourth-order valence-corrected chi connectivity index (χ4v) is 3.21. The summed E-state index contributed by atoms with van der Waals surface area (Å²) in [5, 5.41) is 11.2. The largest absolute Gasteiger partial charge is 0.383 e. The third-order valence-corrected chi connectivity index (χ3v) is 4.93. The average Bonchev–Trinajstić information content (AvgIpc) is 2.95. The molecule has 0 unspecified atom stereocenters. The zero-order valence-corrected chi connectivity index (χ0v) is 15.6. The highest BCUT2D eigenvalue weighted by molar-refractivity contribution is 5.91. The molecule has 1 atom stereocenters. The predicted octanol–water partition coefficient (Wildman–Crippen LogP) is 1.53. The molecule has 3 heterocycles. The minimum atomic E-state index is -1.63. The maximum atomic E-state index is 12.1. The summed E-state index contributed by atoms with van der Waals surface area (Å²) < 4.78 is 0. The van der Waals surface area contributed by atoms with E-state index in [1.54, 1.807) is 25.5 Å². The second-order valence-corrected chi connectivity index (χ2v) is 6.94. The van der Waals surface area contributed by atoms with Crippen LogP contribution in [-0.4, -0.2) is 50.1 Å². The molecule has 1 aliphatic heterocycles. The molecular weight excluding hydrogens is 354 g/mol. The molecule has 1 aliphatic rings. The van der Waals surface area contributed by atoms with Gasteiger partial charge in [0, 0.05) is 42.7 Å². The third kappa shape index (κ3) is 3.04. The quantitative estimate of drug-likeness (QED) is 0.627. The minimum absolute atomic E-state index is 0.297. The summed E-state index contributed by atoms with van der Waals surface area (Å²) in [6.45, 7) is 2.43. The lowest BCUT2D eigenvalue weighted by atomic mass is 10.0. The van der Waals surface area contributed by atoms with Crippen LogP contribution in [0, 0.1) is 18.8 Å². The van der Waals surface area contributed by atoms with Crippen LogP contribution in [0.1, 0.15) is 17.5 Å². The number of rotatable bonds is 1. The van der Waals surface area contributed by atoms with E-state index in [0.717, 1.165) is 16.5 Å². The van der Waals surface area contributed by atoms with Crippen LogP contribution in [0.3, 0.4) is 0 Å². The van der Waals surface area contributed by atoms with Crippen LogP contribution < -0.4 is 5.73 Å². The zero-order valence-electron chi connectivity index (χ0n) is 15.6. The molecule has 1 fully saturated rings. The van der Waals surface area contributed by atoms with Crippen LogP contribution in [0.15, 0.2) is 36.7 Å². The molecule has 7 nitrogen and oxygen atoms in total. The van der Waals surface area contributed by atoms with E-state index in [-0.39, 0.29) is 5.91 Å². The molecule has 1 saturated heterocycles. The van der Waals surface area contributed by atoms with E-state index in [9.17, 15) is 9.90 Å². The second-order valence-electron chi connectivity index (χ2n) is 6.94. The molecular formula is C21H19N5O2. The van der Waals surface area contributed by atoms with Crippen molar-refractivity contribution in [2.24, 2.45) is 0 Å². The van der Waals surface area contributed by atoms with Gasteiger partial charge in [-0.15, -0.1) is 0 Å². The van der Waals surface area contributed by atoms with Gasteiger partial charge in [0.15, 0.2) is 5.82 Å².